The quantitative estimate of drug-likeness (QED) is 0.212. The van der Waals surface area contributed by atoms with Crippen molar-refractivity contribution in [2.24, 2.45) is 0 Å². The van der Waals surface area contributed by atoms with E-state index in [4.69, 9.17) is 9.40 Å². The molecule has 0 saturated carbocycles. The van der Waals surface area contributed by atoms with Gasteiger partial charge >= 0.3 is 0 Å². The third kappa shape index (κ3) is 4.71. The van der Waals surface area contributed by atoms with Gasteiger partial charge < -0.3 is 4.42 Å². The van der Waals surface area contributed by atoms with Gasteiger partial charge in [-0.2, -0.15) is 0 Å². The van der Waals surface area contributed by atoms with Gasteiger partial charge in [-0.05, 0) is 80.2 Å². The van der Waals surface area contributed by atoms with E-state index in [9.17, 15) is 0 Å². The molecule has 0 fully saturated rings. The molecule has 0 aliphatic carbocycles. The molecule has 0 saturated heterocycles. The minimum absolute atomic E-state index is 0.907. The van der Waals surface area contributed by atoms with E-state index in [2.05, 4.69) is 171 Å². The summed E-state index contributed by atoms with van der Waals surface area (Å²) in [6.45, 7) is 0. The molecule has 3 nitrogen and oxygen atoms in total. The summed E-state index contributed by atoms with van der Waals surface area (Å²) in [7, 11) is 11.2. The Morgan fingerprint density at radius 3 is 1.58 bits per heavy atom. The summed E-state index contributed by atoms with van der Waals surface area (Å²) >= 11 is 0. The molecule has 244 valence electrons. The van der Waals surface area contributed by atoms with E-state index >= 15 is 0 Å². The van der Waals surface area contributed by atoms with E-state index in [-0.39, 0.29) is 0 Å². The summed E-state index contributed by atoms with van der Waals surface area (Å²) in [6.07, 6.45) is 0. The van der Waals surface area contributed by atoms with Gasteiger partial charge in [0, 0.05) is 22.0 Å². The zero-order chi connectivity index (χ0) is 36.0. The van der Waals surface area contributed by atoms with Crippen LogP contribution >= 0.6 is 0 Å². The van der Waals surface area contributed by atoms with Crippen LogP contribution in [0, 0.1) is 0 Å². The monoisotopic (exact) mass is 672 g/mol. The summed E-state index contributed by atoms with van der Waals surface area (Å²) in [6, 6.07) is 50.2. The number of rotatable bonds is 4. The summed E-state index contributed by atoms with van der Waals surface area (Å²) in [4.78, 5) is 5.33. The van der Waals surface area contributed by atoms with E-state index in [1.54, 1.807) is 0 Å². The van der Waals surface area contributed by atoms with Crippen molar-refractivity contribution in [3.05, 3.63) is 140 Å². The molecular formula is C45H33B5N2O. The van der Waals surface area contributed by atoms with Crippen LogP contribution in [-0.4, -0.2) is 48.8 Å². The van der Waals surface area contributed by atoms with E-state index in [1.807, 2.05) is 12.1 Å². The maximum Gasteiger partial charge on any atom is 0.145 e. The van der Waals surface area contributed by atoms with Gasteiger partial charge in [-0.3, -0.25) is 4.57 Å². The number of benzene rings is 8. The highest BCUT2D eigenvalue weighted by Gasteiger charge is 2.22. The van der Waals surface area contributed by atoms with Gasteiger partial charge in [0.05, 0.1) is 11.0 Å². The first-order valence-corrected chi connectivity index (χ1v) is 18.4. The number of imidazole rings is 1. The van der Waals surface area contributed by atoms with Gasteiger partial charge in [-0.1, -0.05) is 125 Å². The van der Waals surface area contributed by atoms with Gasteiger partial charge in [0.2, 0.25) is 0 Å². The second-order valence-corrected chi connectivity index (χ2v) is 14.5. The summed E-state index contributed by atoms with van der Waals surface area (Å²) in [5.74, 6) is 0.952. The molecule has 0 radical (unpaired) electrons. The predicted octanol–water partition coefficient (Wildman–Crippen LogP) is 3.52. The zero-order valence-electron chi connectivity index (χ0n) is 30.6. The molecular weight excluding hydrogens is 639 g/mol. The lowest BCUT2D eigenvalue weighted by atomic mass is 9.61. The van der Waals surface area contributed by atoms with Gasteiger partial charge in [0.15, 0.2) is 0 Å². The molecule has 10 aromatic rings. The molecule has 0 bridgehead atoms. The van der Waals surface area contributed by atoms with E-state index in [0.29, 0.717) is 0 Å². The highest BCUT2D eigenvalue weighted by molar-refractivity contribution is 6.68. The number of hydrogen-bond acceptors (Lipinski definition) is 2. The molecule has 2 aromatic heterocycles. The number of aromatic nitrogens is 2. The van der Waals surface area contributed by atoms with E-state index in [1.165, 1.54) is 76.8 Å². The maximum atomic E-state index is 6.22. The van der Waals surface area contributed by atoms with Crippen molar-refractivity contribution in [1.82, 2.24) is 9.55 Å². The summed E-state index contributed by atoms with van der Waals surface area (Å²) in [5, 5.41) is 7.17. The molecule has 0 aliphatic heterocycles. The van der Waals surface area contributed by atoms with Crippen molar-refractivity contribution >= 4 is 121 Å². The van der Waals surface area contributed by atoms with Crippen molar-refractivity contribution in [1.29, 1.82) is 0 Å². The Kier molecular flexibility index (Phi) is 7.13. The molecule has 2 heterocycles. The number of fused-ring (bicyclic) bond motifs is 6. The molecule has 53 heavy (non-hydrogen) atoms. The standard InChI is InChI=1S/C45H33B5N2O/c46-39-40(47)42(49)44(43(50)41(39)48)52-34-18-7-6-17-33(34)51-45(52)26-11-9-10-24(22-26)37-28-13-1-3-15-30(28)38(31-16-4-2-14-29(31)37)25-20-21-36-32(23-25)27-12-5-8-19-35(27)53-36/h1-23H,46-50H2. The second kappa shape index (κ2) is 12.0. The third-order valence-corrected chi connectivity index (χ3v) is 11.8. The fourth-order valence-corrected chi connectivity index (χ4v) is 8.71. The molecule has 0 unspecified atom stereocenters. The average molecular weight is 672 g/mol. The van der Waals surface area contributed by atoms with Crippen LogP contribution in [-0.2, 0) is 0 Å². The Bertz CT molecular complexity index is 3060. The van der Waals surface area contributed by atoms with Gasteiger partial charge in [-0.25, -0.2) is 4.98 Å². The molecule has 0 atom stereocenters. The Morgan fingerprint density at radius 2 is 0.925 bits per heavy atom. The van der Waals surface area contributed by atoms with Crippen LogP contribution in [0.3, 0.4) is 0 Å². The molecule has 0 spiro atoms. The highest BCUT2D eigenvalue weighted by Crippen LogP contribution is 2.45. The van der Waals surface area contributed by atoms with Crippen molar-refractivity contribution in [2.75, 3.05) is 0 Å². The van der Waals surface area contributed by atoms with Gasteiger partial charge in [0.1, 0.15) is 56.2 Å². The molecule has 8 heteroatoms. The first-order chi connectivity index (χ1) is 25.9. The number of nitrogens with zero attached hydrogens (tertiary/aromatic N) is 2. The van der Waals surface area contributed by atoms with Crippen LogP contribution in [0.5, 0.6) is 0 Å². The third-order valence-electron chi connectivity index (χ3n) is 11.8. The van der Waals surface area contributed by atoms with Crippen LogP contribution < -0.4 is 27.3 Å². The SMILES string of the molecule is Bc1c(B)c(B)c(-n2c(-c3cccc(-c4c5ccccc5c(-c5ccc6oc7ccccc7c6c5)c5ccccc45)c3)nc3ccccc32)c(B)c1B. The van der Waals surface area contributed by atoms with Crippen LogP contribution in [0.4, 0.5) is 0 Å². The lowest BCUT2D eigenvalue weighted by Crippen LogP contribution is -2.56. The Morgan fingerprint density at radius 1 is 0.415 bits per heavy atom. The molecule has 10 rings (SSSR count). The van der Waals surface area contributed by atoms with Crippen molar-refractivity contribution in [3.8, 4) is 39.3 Å². The first kappa shape index (κ1) is 31.6. The predicted molar refractivity (Wildman–Crippen MR) is 241 cm³/mol. The molecule has 0 amide bonds. The van der Waals surface area contributed by atoms with Crippen molar-refractivity contribution < 1.29 is 4.42 Å². The Balaban J connectivity index is 1.23. The lowest BCUT2D eigenvalue weighted by Gasteiger charge is -2.23. The number of para-hydroxylation sites is 3. The van der Waals surface area contributed by atoms with Crippen LogP contribution in [0.15, 0.2) is 144 Å². The maximum absolute atomic E-state index is 6.22. The van der Waals surface area contributed by atoms with Crippen LogP contribution in [0.2, 0.25) is 0 Å². The average Bonchev–Trinajstić information content (AvgIpc) is 3.77. The fourth-order valence-electron chi connectivity index (χ4n) is 8.71. The first-order valence-electron chi connectivity index (χ1n) is 18.4. The minimum atomic E-state index is 0.907. The summed E-state index contributed by atoms with van der Waals surface area (Å²) in [5.41, 5.74) is 17.7. The van der Waals surface area contributed by atoms with Crippen LogP contribution in [0.1, 0.15) is 0 Å². The van der Waals surface area contributed by atoms with E-state index in [0.717, 1.165) is 44.4 Å². The minimum Gasteiger partial charge on any atom is -0.456 e. The molecule has 0 N–H and O–H groups in total. The second-order valence-electron chi connectivity index (χ2n) is 14.5. The number of hydrogen-bond donors (Lipinski definition) is 0. The lowest BCUT2D eigenvalue weighted by molar-refractivity contribution is 0.669. The summed E-state index contributed by atoms with van der Waals surface area (Å²) < 4.78 is 8.62. The normalized spacial score (nSPS) is 11.8. The van der Waals surface area contributed by atoms with Gasteiger partial charge in [0.25, 0.3) is 0 Å². The van der Waals surface area contributed by atoms with Crippen molar-refractivity contribution in [3.63, 3.8) is 0 Å². The van der Waals surface area contributed by atoms with E-state index < -0.39 is 0 Å². The Labute approximate surface area is 312 Å². The largest absolute Gasteiger partial charge is 0.456 e. The number of furan rings is 1. The smallest absolute Gasteiger partial charge is 0.145 e. The zero-order valence-corrected chi connectivity index (χ0v) is 30.6. The fraction of sp³-hybridized carbons (Fsp3) is 0. The van der Waals surface area contributed by atoms with Crippen molar-refractivity contribution in [2.45, 2.75) is 0 Å². The molecule has 8 aromatic carbocycles. The van der Waals surface area contributed by atoms with Gasteiger partial charge in [-0.15, -0.1) is 5.46 Å². The topological polar surface area (TPSA) is 31.0 Å². The molecule has 0 aliphatic rings. The Hall–Kier alpha value is -6.13. The highest BCUT2D eigenvalue weighted by atomic mass is 16.3. The van der Waals surface area contributed by atoms with Crippen LogP contribution in [0.25, 0.3) is 93.8 Å².